The average molecular weight is 314 g/mol. The summed E-state index contributed by atoms with van der Waals surface area (Å²) >= 11 is 0. The number of anilines is 1. The molecule has 0 bridgehead atoms. The van der Waals surface area contributed by atoms with Crippen LogP contribution in [0, 0.1) is 21.4 Å². The Kier molecular flexibility index (Phi) is 3.91. The predicted molar refractivity (Wildman–Crippen MR) is 78.0 cm³/mol. The van der Waals surface area contributed by atoms with Crippen molar-refractivity contribution in [3.8, 4) is 0 Å². The van der Waals surface area contributed by atoms with Crippen molar-refractivity contribution in [1.29, 1.82) is 0 Å². The summed E-state index contributed by atoms with van der Waals surface area (Å²) in [5.41, 5.74) is 2.19. The van der Waals surface area contributed by atoms with Crippen LogP contribution in [0.15, 0.2) is 23.1 Å². The minimum atomic E-state index is -3.86. The third-order valence-corrected chi connectivity index (χ3v) is 5.32. The van der Waals surface area contributed by atoms with E-state index in [0.717, 1.165) is 12.5 Å². The van der Waals surface area contributed by atoms with Crippen LogP contribution in [0.5, 0.6) is 0 Å². The number of benzene rings is 1. The molecule has 1 aromatic carbocycles. The van der Waals surface area contributed by atoms with Gasteiger partial charge in [-0.3, -0.25) is 16.0 Å². The molecule has 0 saturated heterocycles. The fourth-order valence-electron chi connectivity index (χ4n) is 2.18. The van der Waals surface area contributed by atoms with E-state index in [1.165, 1.54) is 12.1 Å². The normalized spacial score (nSPS) is 20.0. The van der Waals surface area contributed by atoms with Gasteiger partial charge < -0.3 is 5.43 Å². The first-order valence-corrected chi connectivity index (χ1v) is 7.90. The third kappa shape index (κ3) is 3.31. The van der Waals surface area contributed by atoms with Crippen molar-refractivity contribution in [3.63, 3.8) is 0 Å². The highest BCUT2D eigenvalue weighted by Gasteiger charge is 2.45. The zero-order valence-corrected chi connectivity index (χ0v) is 12.6. The molecule has 116 valence electrons. The Morgan fingerprint density at radius 2 is 2.10 bits per heavy atom. The quantitative estimate of drug-likeness (QED) is 0.411. The van der Waals surface area contributed by atoms with Crippen LogP contribution in [0.1, 0.15) is 20.3 Å². The van der Waals surface area contributed by atoms with E-state index in [4.69, 9.17) is 5.84 Å². The molecule has 0 radical (unpaired) electrons. The van der Waals surface area contributed by atoms with Gasteiger partial charge in [-0.2, -0.15) is 0 Å². The number of rotatable bonds is 6. The maximum atomic E-state index is 12.3. The van der Waals surface area contributed by atoms with Gasteiger partial charge in [0.25, 0.3) is 5.69 Å². The number of nitrogen functional groups attached to an aromatic ring is 1. The lowest BCUT2D eigenvalue weighted by Crippen LogP contribution is -2.28. The van der Waals surface area contributed by atoms with Crippen LogP contribution in [0.25, 0.3) is 0 Å². The van der Waals surface area contributed by atoms with Gasteiger partial charge in [-0.1, -0.05) is 13.8 Å². The van der Waals surface area contributed by atoms with E-state index in [1.807, 2.05) is 0 Å². The van der Waals surface area contributed by atoms with Gasteiger partial charge >= 0.3 is 0 Å². The molecular formula is C12H18N4O4S. The van der Waals surface area contributed by atoms with Crippen LogP contribution in [0.3, 0.4) is 0 Å². The van der Waals surface area contributed by atoms with Crippen molar-refractivity contribution in [2.24, 2.45) is 17.2 Å². The standard InChI is InChI=1S/C12H18N4O4S/c1-12(2)6-8(12)7-14-21(19,20)11-5-9(16(17)18)3-4-10(11)15-13/h3-5,8,14-15H,6-7,13H2,1-2H3. The zero-order chi connectivity index (χ0) is 15.8. The van der Waals surface area contributed by atoms with Crippen LogP contribution in [0.2, 0.25) is 0 Å². The van der Waals surface area contributed by atoms with E-state index in [1.54, 1.807) is 0 Å². The summed E-state index contributed by atoms with van der Waals surface area (Å²) in [6.07, 6.45) is 0.951. The van der Waals surface area contributed by atoms with Crippen LogP contribution in [0.4, 0.5) is 11.4 Å². The van der Waals surface area contributed by atoms with Gasteiger partial charge in [-0.15, -0.1) is 0 Å². The second kappa shape index (κ2) is 5.24. The second-order valence-corrected chi connectivity index (χ2v) is 7.56. The molecule has 0 heterocycles. The summed E-state index contributed by atoms with van der Waals surface area (Å²) in [6.45, 7) is 4.43. The van der Waals surface area contributed by atoms with Crippen molar-refractivity contribution in [2.45, 2.75) is 25.2 Å². The molecule has 1 atom stereocenters. The minimum Gasteiger partial charge on any atom is -0.323 e. The number of sulfonamides is 1. The fourth-order valence-corrected chi connectivity index (χ4v) is 3.45. The molecule has 1 fully saturated rings. The number of hydrogen-bond donors (Lipinski definition) is 3. The highest BCUT2D eigenvalue weighted by atomic mass is 32.2. The SMILES string of the molecule is CC1(C)CC1CNS(=O)(=O)c1cc([N+](=O)[O-])ccc1NN. The predicted octanol–water partition coefficient (Wildman–Crippen LogP) is 1.20. The van der Waals surface area contributed by atoms with E-state index in [0.29, 0.717) is 6.54 Å². The number of nitro groups is 1. The number of hydrazine groups is 1. The van der Waals surface area contributed by atoms with Crippen LogP contribution in [-0.4, -0.2) is 19.9 Å². The Morgan fingerprint density at radius 1 is 1.48 bits per heavy atom. The topological polar surface area (TPSA) is 127 Å². The minimum absolute atomic E-state index is 0.114. The molecule has 1 aromatic rings. The van der Waals surface area contributed by atoms with E-state index in [-0.39, 0.29) is 27.6 Å². The molecule has 1 aliphatic rings. The molecule has 0 spiro atoms. The van der Waals surface area contributed by atoms with Crippen molar-refractivity contribution in [2.75, 3.05) is 12.0 Å². The zero-order valence-electron chi connectivity index (χ0n) is 11.8. The summed E-state index contributed by atoms with van der Waals surface area (Å²) in [4.78, 5) is 9.91. The molecule has 1 unspecified atom stereocenters. The van der Waals surface area contributed by atoms with Gasteiger partial charge in [-0.25, -0.2) is 13.1 Å². The Morgan fingerprint density at radius 3 is 2.57 bits per heavy atom. The van der Waals surface area contributed by atoms with Gasteiger partial charge in [0, 0.05) is 18.7 Å². The molecule has 21 heavy (non-hydrogen) atoms. The number of non-ortho nitro benzene ring substituents is 1. The first kappa shape index (κ1) is 15.7. The fraction of sp³-hybridized carbons (Fsp3) is 0.500. The molecule has 2 rings (SSSR count). The third-order valence-electron chi connectivity index (χ3n) is 3.86. The molecule has 0 amide bonds. The highest BCUT2D eigenvalue weighted by Crippen LogP contribution is 2.51. The van der Waals surface area contributed by atoms with Crippen LogP contribution in [-0.2, 0) is 10.0 Å². The smallest absolute Gasteiger partial charge is 0.270 e. The first-order chi connectivity index (χ1) is 9.67. The van der Waals surface area contributed by atoms with E-state index < -0.39 is 14.9 Å². The molecular weight excluding hydrogens is 296 g/mol. The van der Waals surface area contributed by atoms with Crippen molar-refractivity contribution >= 4 is 21.4 Å². The van der Waals surface area contributed by atoms with Gasteiger partial charge in [0.15, 0.2) is 0 Å². The summed E-state index contributed by atoms with van der Waals surface area (Å²) in [5.74, 6) is 5.55. The molecule has 0 aliphatic heterocycles. The van der Waals surface area contributed by atoms with Gasteiger partial charge in [-0.05, 0) is 23.8 Å². The van der Waals surface area contributed by atoms with Crippen LogP contribution < -0.4 is 16.0 Å². The van der Waals surface area contributed by atoms with Gasteiger partial charge in [0.05, 0.1) is 10.6 Å². The lowest BCUT2D eigenvalue weighted by molar-refractivity contribution is -0.385. The lowest BCUT2D eigenvalue weighted by atomic mass is 10.1. The molecule has 8 nitrogen and oxygen atoms in total. The first-order valence-electron chi connectivity index (χ1n) is 6.42. The van der Waals surface area contributed by atoms with Gasteiger partial charge in [0.1, 0.15) is 4.90 Å². The Hall–Kier alpha value is -1.71. The van der Waals surface area contributed by atoms with Crippen LogP contribution >= 0.6 is 0 Å². The van der Waals surface area contributed by atoms with Crippen molar-refractivity contribution in [3.05, 3.63) is 28.3 Å². The summed E-state index contributed by atoms with van der Waals surface area (Å²) in [5, 5.41) is 10.8. The lowest BCUT2D eigenvalue weighted by Gasteiger charge is -2.11. The summed E-state index contributed by atoms with van der Waals surface area (Å²) in [6, 6.07) is 3.46. The number of hydrogen-bond acceptors (Lipinski definition) is 6. The van der Waals surface area contributed by atoms with Crippen molar-refractivity contribution < 1.29 is 13.3 Å². The largest absolute Gasteiger partial charge is 0.323 e. The highest BCUT2D eigenvalue weighted by molar-refractivity contribution is 7.89. The Bertz CT molecular complexity index is 672. The van der Waals surface area contributed by atoms with E-state index in [9.17, 15) is 18.5 Å². The molecule has 1 aliphatic carbocycles. The number of nitro benzene ring substituents is 1. The Labute approximate surface area is 122 Å². The second-order valence-electron chi connectivity index (χ2n) is 5.82. The Balaban J connectivity index is 2.25. The van der Waals surface area contributed by atoms with Crippen molar-refractivity contribution in [1.82, 2.24) is 4.72 Å². The molecule has 4 N–H and O–H groups in total. The van der Waals surface area contributed by atoms with E-state index in [2.05, 4.69) is 24.0 Å². The van der Waals surface area contributed by atoms with Gasteiger partial charge in [0.2, 0.25) is 10.0 Å². The maximum absolute atomic E-state index is 12.3. The number of nitrogens with zero attached hydrogens (tertiary/aromatic N) is 1. The summed E-state index contributed by atoms with van der Waals surface area (Å²) in [7, 11) is -3.86. The molecule has 0 aromatic heterocycles. The summed E-state index contributed by atoms with van der Waals surface area (Å²) < 4.78 is 27.1. The average Bonchev–Trinajstić information content (AvgIpc) is 3.03. The monoisotopic (exact) mass is 314 g/mol. The number of nitrogens with one attached hydrogen (secondary N) is 2. The number of nitrogens with two attached hydrogens (primary N) is 1. The maximum Gasteiger partial charge on any atom is 0.270 e. The molecule has 1 saturated carbocycles. The van der Waals surface area contributed by atoms with E-state index >= 15 is 0 Å². The molecule has 9 heteroatoms.